The molecule has 11 heavy (non-hydrogen) atoms. The van der Waals surface area contributed by atoms with Gasteiger partial charge in [0.25, 0.3) is 0 Å². The third-order valence-corrected chi connectivity index (χ3v) is 1.46. The van der Waals surface area contributed by atoms with Crippen molar-refractivity contribution in [3.8, 4) is 0 Å². The molecule has 1 aliphatic rings. The van der Waals surface area contributed by atoms with E-state index in [1.807, 2.05) is 4.90 Å². The summed E-state index contributed by atoms with van der Waals surface area (Å²) in [5.74, 6) is -0.762. The predicted octanol–water partition coefficient (Wildman–Crippen LogP) is -3.48. The summed E-state index contributed by atoms with van der Waals surface area (Å²) >= 11 is 0. The van der Waals surface area contributed by atoms with Crippen LogP contribution in [0.15, 0.2) is 0 Å². The number of nitrogens with zero attached hydrogens (tertiary/aromatic N) is 1. The molecule has 0 atom stereocenters. The molecule has 0 spiro atoms. The van der Waals surface area contributed by atoms with Gasteiger partial charge in [-0.3, -0.25) is 9.69 Å². The minimum Gasteiger partial charge on any atom is -1.00 e. The molecule has 4 nitrogen and oxygen atoms in total. The van der Waals surface area contributed by atoms with Gasteiger partial charge in [-0.25, -0.2) is 0 Å². The van der Waals surface area contributed by atoms with Crippen LogP contribution in [0.4, 0.5) is 0 Å². The second-order valence-electron chi connectivity index (χ2n) is 2.28. The van der Waals surface area contributed by atoms with E-state index in [1.165, 1.54) is 0 Å². The number of carboxylic acid groups (broad SMARTS) is 1. The van der Waals surface area contributed by atoms with Crippen LogP contribution in [0.25, 0.3) is 0 Å². The van der Waals surface area contributed by atoms with Gasteiger partial charge in [0.2, 0.25) is 0 Å². The number of morpholine rings is 1. The minimum atomic E-state index is -0.762. The molecule has 1 N–H and O–H groups in total. The summed E-state index contributed by atoms with van der Waals surface area (Å²) in [4.78, 5) is 12.1. The number of ether oxygens (including phenoxy) is 1. The van der Waals surface area contributed by atoms with E-state index >= 15 is 0 Å². The van der Waals surface area contributed by atoms with Crippen LogP contribution >= 0.6 is 0 Å². The predicted molar refractivity (Wildman–Crippen MR) is 36.0 cm³/mol. The molecule has 1 heterocycles. The Morgan fingerprint density at radius 2 is 2.09 bits per heavy atom. The number of rotatable bonds is 2. The van der Waals surface area contributed by atoms with E-state index in [2.05, 4.69) is 0 Å². The maximum Gasteiger partial charge on any atom is 1.00 e. The van der Waals surface area contributed by atoms with Crippen LogP contribution in [0, 0.1) is 0 Å². The summed E-state index contributed by atoms with van der Waals surface area (Å²) in [7, 11) is 0. The van der Waals surface area contributed by atoms with Crippen molar-refractivity contribution in [2.45, 2.75) is 0 Å². The molecule has 0 saturated carbocycles. The monoisotopic (exact) mass is 153 g/mol. The number of hydrogen-bond donors (Lipinski definition) is 1. The normalized spacial score (nSPS) is 18.9. The molecule has 5 heteroatoms. The molecule has 0 aromatic rings. The molecule has 1 rings (SSSR count). The molecular formula is C6H12LiNO3. The van der Waals surface area contributed by atoms with Crippen LogP contribution < -0.4 is 18.9 Å². The van der Waals surface area contributed by atoms with Gasteiger partial charge in [0.15, 0.2) is 0 Å². The third-order valence-electron chi connectivity index (χ3n) is 1.46. The van der Waals surface area contributed by atoms with Crippen LogP contribution in [0.2, 0.25) is 0 Å². The van der Waals surface area contributed by atoms with Gasteiger partial charge in [0.05, 0.1) is 19.8 Å². The Labute approximate surface area is 79.2 Å². The van der Waals surface area contributed by atoms with Gasteiger partial charge in [-0.2, -0.15) is 0 Å². The van der Waals surface area contributed by atoms with E-state index in [-0.39, 0.29) is 26.8 Å². The van der Waals surface area contributed by atoms with Gasteiger partial charge in [-0.15, -0.1) is 0 Å². The molecule has 0 amide bonds. The maximum atomic E-state index is 10.2. The number of carbonyl (C=O) groups is 1. The zero-order chi connectivity index (χ0) is 7.40. The summed E-state index contributed by atoms with van der Waals surface area (Å²) in [6.07, 6.45) is 0. The van der Waals surface area contributed by atoms with E-state index in [0.717, 1.165) is 13.1 Å². The zero-order valence-electron chi connectivity index (χ0n) is 7.75. The molecule has 0 radical (unpaired) electrons. The largest absolute Gasteiger partial charge is 1.00 e. The number of aliphatic carboxylic acids is 1. The average molecular weight is 153 g/mol. The Bertz CT molecular complexity index is 130. The fourth-order valence-electron chi connectivity index (χ4n) is 0.951. The maximum absolute atomic E-state index is 10.2. The van der Waals surface area contributed by atoms with Gasteiger partial charge >= 0.3 is 24.8 Å². The Kier molecular flexibility index (Phi) is 5.61. The van der Waals surface area contributed by atoms with Crippen LogP contribution in [0.5, 0.6) is 0 Å². The zero-order valence-corrected chi connectivity index (χ0v) is 6.75. The summed E-state index contributed by atoms with van der Waals surface area (Å²) in [5.41, 5.74) is 0. The smallest absolute Gasteiger partial charge is 1.00 e. The molecule has 60 valence electrons. The Balaban J connectivity index is 0. The van der Waals surface area contributed by atoms with Gasteiger partial charge < -0.3 is 11.3 Å². The van der Waals surface area contributed by atoms with Crippen molar-refractivity contribution in [3.63, 3.8) is 0 Å². The van der Waals surface area contributed by atoms with Crippen molar-refractivity contribution >= 4 is 5.97 Å². The molecule has 1 aliphatic heterocycles. The first-order valence-electron chi connectivity index (χ1n) is 3.31. The number of carboxylic acids is 1. The molecule has 0 unspecified atom stereocenters. The van der Waals surface area contributed by atoms with E-state index in [9.17, 15) is 4.79 Å². The Morgan fingerprint density at radius 3 is 2.55 bits per heavy atom. The van der Waals surface area contributed by atoms with Crippen molar-refractivity contribution in [2.24, 2.45) is 0 Å². The first kappa shape index (κ1) is 11.0. The Hall–Kier alpha value is -0.0126. The first-order chi connectivity index (χ1) is 4.79. The summed E-state index contributed by atoms with van der Waals surface area (Å²) in [5, 5.41) is 8.38. The second kappa shape index (κ2) is 5.61. The fourth-order valence-corrected chi connectivity index (χ4v) is 0.951. The fraction of sp³-hybridized carbons (Fsp3) is 0.833. The third kappa shape index (κ3) is 4.43. The van der Waals surface area contributed by atoms with Crippen molar-refractivity contribution in [1.29, 1.82) is 0 Å². The van der Waals surface area contributed by atoms with Crippen LogP contribution in [-0.2, 0) is 9.53 Å². The molecule has 0 aliphatic carbocycles. The van der Waals surface area contributed by atoms with Crippen LogP contribution in [0.3, 0.4) is 0 Å². The van der Waals surface area contributed by atoms with E-state index in [1.54, 1.807) is 0 Å². The van der Waals surface area contributed by atoms with Crippen molar-refractivity contribution in [2.75, 3.05) is 32.8 Å². The van der Waals surface area contributed by atoms with E-state index < -0.39 is 5.97 Å². The standard InChI is InChI=1S/C6H11NO3.Li.H/c8-6(9)5-7-1-3-10-4-2-7;;/h1-5H2,(H,8,9);;/q;+1;-1. The summed E-state index contributed by atoms with van der Waals surface area (Å²) < 4.78 is 5.05. The first-order valence-corrected chi connectivity index (χ1v) is 3.31. The average Bonchev–Trinajstić information content (AvgIpc) is 1.88. The van der Waals surface area contributed by atoms with Crippen LogP contribution in [-0.4, -0.2) is 48.8 Å². The van der Waals surface area contributed by atoms with E-state index in [4.69, 9.17) is 9.84 Å². The topological polar surface area (TPSA) is 49.8 Å². The second-order valence-corrected chi connectivity index (χ2v) is 2.28. The molecule has 0 aromatic heterocycles. The molecule has 0 aromatic carbocycles. The van der Waals surface area contributed by atoms with Crippen molar-refractivity contribution < 1.29 is 34.9 Å². The summed E-state index contributed by atoms with van der Waals surface area (Å²) in [6, 6.07) is 0. The molecule has 0 bridgehead atoms. The van der Waals surface area contributed by atoms with Gasteiger partial charge in [0.1, 0.15) is 0 Å². The Morgan fingerprint density at radius 1 is 1.55 bits per heavy atom. The summed E-state index contributed by atoms with van der Waals surface area (Å²) in [6.45, 7) is 2.95. The SMILES string of the molecule is O=C(O)CN1CCOCC1.[H-].[Li+]. The van der Waals surface area contributed by atoms with E-state index in [0.29, 0.717) is 13.2 Å². The van der Waals surface area contributed by atoms with Gasteiger partial charge in [-0.05, 0) is 0 Å². The quantitative estimate of drug-likeness (QED) is 0.418. The molecular weight excluding hydrogens is 141 g/mol. The molecule has 1 fully saturated rings. The van der Waals surface area contributed by atoms with Crippen molar-refractivity contribution in [1.82, 2.24) is 4.90 Å². The minimum absolute atomic E-state index is 0. The number of hydrogen-bond acceptors (Lipinski definition) is 3. The van der Waals surface area contributed by atoms with Crippen LogP contribution in [0.1, 0.15) is 1.43 Å². The molecule has 1 saturated heterocycles. The van der Waals surface area contributed by atoms with Crippen molar-refractivity contribution in [3.05, 3.63) is 0 Å². The van der Waals surface area contributed by atoms with Gasteiger partial charge in [-0.1, -0.05) is 0 Å². The van der Waals surface area contributed by atoms with Gasteiger partial charge in [0, 0.05) is 13.1 Å².